The minimum atomic E-state index is -0.499. The van der Waals surface area contributed by atoms with Gasteiger partial charge in [-0.3, -0.25) is 9.79 Å². The van der Waals surface area contributed by atoms with Crippen molar-refractivity contribution in [3.63, 3.8) is 0 Å². The fraction of sp³-hybridized carbons (Fsp3) is 0. The molecule has 1 heterocycles. The molecule has 0 spiro atoms. The Balaban J connectivity index is 2.78. The molecule has 52 valence electrons. The van der Waals surface area contributed by atoms with E-state index in [1.165, 1.54) is 18.6 Å². The van der Waals surface area contributed by atoms with Gasteiger partial charge in [-0.2, -0.15) is 0 Å². The largest absolute Gasteiger partial charge is 0.365 e. The molecule has 0 fully saturated rings. The minimum Gasteiger partial charge on any atom is -0.365 e. The predicted octanol–water partition coefficient (Wildman–Crippen LogP) is 0.117. The molecule has 0 unspecified atom stereocenters. The lowest BCUT2D eigenvalue weighted by Gasteiger charge is -1.90. The van der Waals surface area contributed by atoms with Crippen LogP contribution in [0.25, 0.3) is 0 Å². The third-order valence-electron chi connectivity index (χ3n) is 0.799. The van der Waals surface area contributed by atoms with Gasteiger partial charge in [0.15, 0.2) is 0 Å². The molecule has 1 rings (SSSR count). The molecular formula is C5H5N3OS. The van der Waals surface area contributed by atoms with Crippen molar-refractivity contribution in [3.05, 3.63) is 11.1 Å². The van der Waals surface area contributed by atoms with Crippen molar-refractivity contribution < 1.29 is 4.79 Å². The van der Waals surface area contributed by atoms with Gasteiger partial charge in [-0.15, -0.1) is 0 Å². The third-order valence-corrected chi connectivity index (χ3v) is 1.53. The zero-order valence-electron chi connectivity index (χ0n) is 5.02. The van der Waals surface area contributed by atoms with Gasteiger partial charge in [0, 0.05) is 24.4 Å². The van der Waals surface area contributed by atoms with Gasteiger partial charge in [-0.25, -0.2) is 4.40 Å². The maximum absolute atomic E-state index is 10.5. The SMILES string of the molecule is NC(=O)C1=CN=CC=NS1. The molecule has 0 aromatic heterocycles. The number of carbonyl (C=O) groups is 1. The summed E-state index contributed by atoms with van der Waals surface area (Å²) in [4.78, 5) is 14.6. The normalized spacial score (nSPS) is 16.2. The van der Waals surface area contributed by atoms with Gasteiger partial charge in [0.05, 0.1) is 6.21 Å². The van der Waals surface area contributed by atoms with Crippen LogP contribution >= 0.6 is 11.9 Å². The van der Waals surface area contributed by atoms with Gasteiger partial charge < -0.3 is 5.73 Å². The Labute approximate surface area is 62.1 Å². The summed E-state index contributed by atoms with van der Waals surface area (Å²) in [5, 5.41) is 0. The highest BCUT2D eigenvalue weighted by molar-refractivity contribution is 8.02. The van der Waals surface area contributed by atoms with Crippen molar-refractivity contribution in [2.45, 2.75) is 0 Å². The molecule has 5 heteroatoms. The summed E-state index contributed by atoms with van der Waals surface area (Å²) in [5.74, 6) is -0.499. The van der Waals surface area contributed by atoms with Crippen LogP contribution in [-0.4, -0.2) is 18.3 Å². The number of carbonyl (C=O) groups excluding carboxylic acids is 1. The highest BCUT2D eigenvalue weighted by Gasteiger charge is 2.04. The molecule has 1 aliphatic rings. The van der Waals surface area contributed by atoms with Gasteiger partial charge in [-0.05, 0) is 0 Å². The lowest BCUT2D eigenvalue weighted by atomic mass is 10.6. The summed E-state index contributed by atoms with van der Waals surface area (Å²) in [6.07, 6.45) is 4.38. The lowest BCUT2D eigenvalue weighted by Crippen LogP contribution is -2.10. The van der Waals surface area contributed by atoms with Crippen LogP contribution in [0.4, 0.5) is 0 Å². The summed E-state index contributed by atoms with van der Waals surface area (Å²) < 4.78 is 3.75. The molecule has 0 saturated heterocycles. The van der Waals surface area contributed by atoms with Crippen LogP contribution in [0.15, 0.2) is 20.5 Å². The van der Waals surface area contributed by atoms with E-state index in [9.17, 15) is 4.79 Å². The first-order chi connectivity index (χ1) is 4.80. The van der Waals surface area contributed by atoms with E-state index in [0.29, 0.717) is 4.91 Å². The number of nitrogens with zero attached hydrogens (tertiary/aromatic N) is 2. The van der Waals surface area contributed by atoms with Gasteiger partial charge in [0.25, 0.3) is 5.91 Å². The van der Waals surface area contributed by atoms with Crippen LogP contribution in [0.3, 0.4) is 0 Å². The van der Waals surface area contributed by atoms with Gasteiger partial charge in [-0.1, -0.05) is 0 Å². The van der Waals surface area contributed by atoms with Gasteiger partial charge in [0.1, 0.15) is 4.91 Å². The minimum absolute atomic E-state index is 0.352. The number of rotatable bonds is 1. The van der Waals surface area contributed by atoms with Crippen molar-refractivity contribution in [1.29, 1.82) is 0 Å². The van der Waals surface area contributed by atoms with Crippen molar-refractivity contribution in [2.75, 3.05) is 0 Å². The molecule has 0 atom stereocenters. The van der Waals surface area contributed by atoms with E-state index < -0.39 is 5.91 Å². The first-order valence-corrected chi connectivity index (χ1v) is 3.30. The first-order valence-electron chi connectivity index (χ1n) is 2.53. The molecule has 1 amide bonds. The zero-order valence-corrected chi connectivity index (χ0v) is 5.84. The molecule has 0 aromatic carbocycles. The highest BCUT2D eigenvalue weighted by Crippen LogP contribution is 2.16. The number of hydrogen-bond acceptors (Lipinski definition) is 4. The molecule has 10 heavy (non-hydrogen) atoms. The number of primary amides is 1. The number of hydrogen-bond donors (Lipinski definition) is 1. The monoisotopic (exact) mass is 155 g/mol. The second-order valence-electron chi connectivity index (χ2n) is 1.50. The maximum Gasteiger partial charge on any atom is 0.258 e. The zero-order chi connectivity index (χ0) is 7.40. The highest BCUT2D eigenvalue weighted by atomic mass is 32.2. The fourth-order valence-corrected chi connectivity index (χ4v) is 0.823. The van der Waals surface area contributed by atoms with Crippen LogP contribution in [-0.2, 0) is 4.79 Å². The molecule has 0 bridgehead atoms. The van der Waals surface area contributed by atoms with E-state index in [1.54, 1.807) is 0 Å². The average Bonchev–Trinajstić information content (AvgIpc) is 2.12. The lowest BCUT2D eigenvalue weighted by molar-refractivity contribution is -0.113. The molecule has 0 aromatic rings. The molecule has 0 saturated carbocycles. The van der Waals surface area contributed by atoms with Crippen molar-refractivity contribution in [1.82, 2.24) is 0 Å². The Morgan fingerprint density at radius 2 is 2.40 bits per heavy atom. The summed E-state index contributed by atoms with van der Waals surface area (Å²) >= 11 is 1.02. The molecule has 2 N–H and O–H groups in total. The summed E-state index contributed by atoms with van der Waals surface area (Å²) in [5.41, 5.74) is 4.96. The van der Waals surface area contributed by atoms with Gasteiger partial charge in [0.2, 0.25) is 0 Å². The summed E-state index contributed by atoms with van der Waals surface area (Å²) in [7, 11) is 0. The quantitative estimate of drug-likeness (QED) is 0.546. The van der Waals surface area contributed by atoms with E-state index in [4.69, 9.17) is 5.73 Å². The van der Waals surface area contributed by atoms with Crippen LogP contribution < -0.4 is 5.73 Å². The average molecular weight is 155 g/mol. The topological polar surface area (TPSA) is 67.8 Å². The van der Waals surface area contributed by atoms with E-state index >= 15 is 0 Å². The Kier molecular flexibility index (Phi) is 2.22. The second-order valence-corrected chi connectivity index (χ2v) is 2.33. The predicted molar refractivity (Wildman–Crippen MR) is 41.9 cm³/mol. The van der Waals surface area contributed by atoms with E-state index in [1.807, 2.05) is 0 Å². The molecule has 1 aliphatic heterocycles. The standard InChI is InChI=1S/C5H5N3OS/c6-5(9)4-3-7-1-2-8-10-4/h1-3H,(H2,6,9). The Bertz CT molecular complexity index is 231. The number of aliphatic imine (C=N–C) groups is 1. The summed E-state index contributed by atoms with van der Waals surface area (Å²) in [6, 6.07) is 0. The number of amides is 1. The second kappa shape index (κ2) is 3.17. The van der Waals surface area contributed by atoms with Crippen molar-refractivity contribution in [3.8, 4) is 0 Å². The smallest absolute Gasteiger partial charge is 0.258 e. The Hall–Kier alpha value is -1.10. The van der Waals surface area contributed by atoms with Crippen LogP contribution in [0, 0.1) is 0 Å². The van der Waals surface area contributed by atoms with Gasteiger partial charge >= 0.3 is 0 Å². The van der Waals surface area contributed by atoms with E-state index in [-0.39, 0.29) is 0 Å². The van der Waals surface area contributed by atoms with Crippen molar-refractivity contribution in [2.24, 2.45) is 15.1 Å². The summed E-state index contributed by atoms with van der Waals surface area (Å²) in [6.45, 7) is 0. The van der Waals surface area contributed by atoms with Crippen LogP contribution in [0.5, 0.6) is 0 Å². The molecule has 4 nitrogen and oxygen atoms in total. The Morgan fingerprint density at radius 3 is 3.10 bits per heavy atom. The maximum atomic E-state index is 10.5. The molecule has 0 aliphatic carbocycles. The third kappa shape index (κ3) is 1.70. The molecular weight excluding hydrogens is 150 g/mol. The fourth-order valence-electron chi connectivity index (χ4n) is 0.396. The number of nitrogens with two attached hydrogens (primary N) is 1. The van der Waals surface area contributed by atoms with Crippen molar-refractivity contribution >= 4 is 30.3 Å². The first kappa shape index (κ1) is 7.01. The van der Waals surface area contributed by atoms with E-state index in [2.05, 4.69) is 9.39 Å². The van der Waals surface area contributed by atoms with Crippen LogP contribution in [0.2, 0.25) is 0 Å². The Morgan fingerprint density at radius 1 is 1.60 bits per heavy atom. The van der Waals surface area contributed by atoms with Crippen LogP contribution in [0.1, 0.15) is 0 Å². The van der Waals surface area contributed by atoms with E-state index in [0.717, 1.165) is 11.9 Å². The molecule has 0 radical (unpaired) electrons.